The maximum Gasteiger partial charge on any atom is 0.329 e. The zero-order valence-electron chi connectivity index (χ0n) is 17.9. The van der Waals surface area contributed by atoms with Crippen LogP contribution in [0.3, 0.4) is 0 Å². The molecule has 7 heteroatoms. The number of carbonyl (C=O) groups excluding carboxylic acids is 1. The van der Waals surface area contributed by atoms with Crippen LogP contribution in [0, 0.1) is 19.7 Å². The van der Waals surface area contributed by atoms with Crippen molar-refractivity contribution in [1.82, 2.24) is 5.32 Å². The van der Waals surface area contributed by atoms with Crippen LogP contribution in [-0.4, -0.2) is 40.3 Å². The van der Waals surface area contributed by atoms with Gasteiger partial charge in [0.05, 0.1) is 4.91 Å². The van der Waals surface area contributed by atoms with Gasteiger partial charge in [0.2, 0.25) is 0 Å². The molecule has 1 saturated carbocycles. The first kappa shape index (κ1) is 21.4. The minimum absolute atomic E-state index is 0.277. The molecule has 1 aliphatic carbocycles. The van der Waals surface area contributed by atoms with Crippen LogP contribution in [0.1, 0.15) is 29.5 Å². The van der Waals surface area contributed by atoms with Crippen molar-refractivity contribution in [2.45, 2.75) is 32.2 Å². The zero-order chi connectivity index (χ0) is 22.6. The highest BCUT2D eigenvalue weighted by Gasteiger charge is 2.53. The molecule has 2 fully saturated rings. The van der Waals surface area contributed by atoms with E-state index in [1.54, 1.807) is 12.1 Å². The molecular formula is C24H27FN2O3S. The minimum Gasteiger partial charge on any atom is -0.480 e. The minimum atomic E-state index is -1.20. The second-order valence-corrected chi connectivity index (χ2v) is 12.6. The molecule has 0 bridgehead atoms. The number of carboxylic acids is 1. The number of hydrogen-bond donors (Lipinski definition) is 3. The summed E-state index contributed by atoms with van der Waals surface area (Å²) in [5, 5.41) is 12.2. The van der Waals surface area contributed by atoms with Crippen LogP contribution in [0.4, 0.5) is 10.1 Å². The maximum absolute atomic E-state index is 14.5. The third-order valence-electron chi connectivity index (χ3n) is 6.27. The van der Waals surface area contributed by atoms with Gasteiger partial charge in [-0.3, -0.25) is 4.79 Å². The van der Waals surface area contributed by atoms with E-state index in [1.165, 1.54) is 6.07 Å². The number of carbonyl (C=O) groups is 2. The smallest absolute Gasteiger partial charge is 0.329 e. The van der Waals surface area contributed by atoms with E-state index in [1.807, 2.05) is 32.1 Å². The Kier molecular flexibility index (Phi) is 5.12. The predicted molar refractivity (Wildman–Crippen MR) is 125 cm³/mol. The van der Waals surface area contributed by atoms with E-state index < -0.39 is 21.5 Å². The fourth-order valence-corrected chi connectivity index (χ4v) is 6.10. The lowest BCUT2D eigenvalue weighted by Gasteiger charge is -2.22. The molecule has 4 N–H and O–H groups in total. The molecule has 5 nitrogen and oxygen atoms in total. The summed E-state index contributed by atoms with van der Waals surface area (Å²) >= 11 is 0. The molecule has 0 unspecified atom stereocenters. The van der Waals surface area contributed by atoms with Crippen molar-refractivity contribution in [3.63, 3.8) is 0 Å². The molecule has 0 aromatic heterocycles. The molecule has 0 atom stereocenters. The van der Waals surface area contributed by atoms with Gasteiger partial charge in [0.25, 0.3) is 5.91 Å². The van der Waals surface area contributed by atoms with Crippen LogP contribution in [0.25, 0.3) is 17.2 Å². The van der Waals surface area contributed by atoms with Gasteiger partial charge in [-0.1, -0.05) is 12.1 Å². The predicted octanol–water partition coefficient (Wildman–Crippen LogP) is 4.21. The summed E-state index contributed by atoms with van der Waals surface area (Å²) in [5.41, 5.74) is 8.91. The first-order chi connectivity index (χ1) is 14.5. The van der Waals surface area contributed by atoms with E-state index in [4.69, 9.17) is 5.73 Å². The Morgan fingerprint density at radius 3 is 2.35 bits per heavy atom. The molecule has 2 aromatic rings. The van der Waals surface area contributed by atoms with Gasteiger partial charge in [-0.15, -0.1) is 0 Å². The summed E-state index contributed by atoms with van der Waals surface area (Å²) < 4.78 is 14.5. The monoisotopic (exact) mass is 442 g/mol. The summed E-state index contributed by atoms with van der Waals surface area (Å²) in [6.45, 7) is 3.85. The topological polar surface area (TPSA) is 92.4 Å². The number of rotatable bonds is 6. The summed E-state index contributed by atoms with van der Waals surface area (Å²) in [6.07, 6.45) is 4.95. The van der Waals surface area contributed by atoms with Crippen LogP contribution < -0.4 is 11.1 Å². The Bertz CT molecular complexity index is 1130. The van der Waals surface area contributed by atoms with Gasteiger partial charge < -0.3 is 16.2 Å². The molecule has 2 aliphatic rings. The second kappa shape index (κ2) is 7.41. The number of halogens is 1. The molecule has 0 radical (unpaired) electrons. The van der Waals surface area contributed by atoms with Crippen molar-refractivity contribution in [3.8, 4) is 11.1 Å². The van der Waals surface area contributed by atoms with Gasteiger partial charge in [0.15, 0.2) is 0 Å². The standard InChI is InChI=1S/C24H27FN2O3S/c1-14-11-19(18-5-4-17(26)13-20(18)25)15(2)10-16(14)12-21(31(3)8-9-31)22(28)27-24(6-7-24)23(29)30/h4-5,10-13H,6-9,26H2,1-3H3,(H,27,28)(H,29,30)/b21-12-. The fourth-order valence-electron chi connectivity index (χ4n) is 3.75. The molecular weight excluding hydrogens is 415 g/mol. The summed E-state index contributed by atoms with van der Waals surface area (Å²) in [5.74, 6) is 0.320. The van der Waals surface area contributed by atoms with Crippen LogP contribution in [-0.2, 0) is 9.59 Å². The molecule has 2 aromatic carbocycles. The van der Waals surface area contributed by atoms with Crippen LogP contribution in [0.15, 0.2) is 35.2 Å². The fraction of sp³-hybridized carbons (Fsp3) is 0.333. The number of carboxylic acid groups (broad SMARTS) is 1. The lowest BCUT2D eigenvalue weighted by atomic mass is 9.94. The normalized spacial score (nSPS) is 19.4. The quantitative estimate of drug-likeness (QED) is 0.355. The maximum atomic E-state index is 14.5. The van der Waals surface area contributed by atoms with Crippen molar-refractivity contribution in [1.29, 1.82) is 0 Å². The van der Waals surface area contributed by atoms with Crippen molar-refractivity contribution >= 4 is 33.7 Å². The number of aryl methyl sites for hydroxylation is 2. The molecule has 1 aliphatic heterocycles. The first-order valence-electron chi connectivity index (χ1n) is 10.2. The molecule has 1 saturated heterocycles. The van der Waals surface area contributed by atoms with E-state index in [0.29, 0.717) is 29.0 Å². The van der Waals surface area contributed by atoms with Crippen LogP contribution in [0.2, 0.25) is 0 Å². The molecule has 1 amide bonds. The van der Waals surface area contributed by atoms with Crippen molar-refractivity contribution in [3.05, 3.63) is 57.7 Å². The van der Waals surface area contributed by atoms with E-state index in [-0.39, 0.29) is 11.7 Å². The molecule has 31 heavy (non-hydrogen) atoms. The SMILES string of the molecule is Cc1cc(-c2ccc(N)cc2F)c(C)cc1/C=C(/C(=O)NC1(C(=O)O)CC1)S1(C)CC1. The lowest BCUT2D eigenvalue weighted by molar-refractivity contribution is -0.142. The number of amides is 1. The van der Waals surface area contributed by atoms with E-state index in [2.05, 4.69) is 11.6 Å². The van der Waals surface area contributed by atoms with Crippen molar-refractivity contribution < 1.29 is 19.1 Å². The highest BCUT2D eigenvalue weighted by Crippen LogP contribution is 2.65. The Morgan fingerprint density at radius 1 is 1.13 bits per heavy atom. The number of nitrogens with two attached hydrogens (primary N) is 1. The Morgan fingerprint density at radius 2 is 1.81 bits per heavy atom. The average Bonchev–Trinajstić information content (AvgIpc) is 3.61. The highest BCUT2D eigenvalue weighted by molar-refractivity contribution is 8.42. The number of aliphatic carboxylic acids is 1. The summed E-state index contributed by atoms with van der Waals surface area (Å²) in [4.78, 5) is 25.3. The van der Waals surface area contributed by atoms with Crippen molar-refractivity contribution in [2.24, 2.45) is 0 Å². The van der Waals surface area contributed by atoms with Gasteiger partial charge in [-0.05, 0) is 91.0 Å². The van der Waals surface area contributed by atoms with E-state index in [0.717, 1.165) is 33.8 Å². The van der Waals surface area contributed by atoms with Gasteiger partial charge in [-0.2, -0.15) is 0 Å². The van der Waals surface area contributed by atoms with E-state index >= 15 is 0 Å². The van der Waals surface area contributed by atoms with Crippen molar-refractivity contribution in [2.75, 3.05) is 23.5 Å². The molecule has 164 valence electrons. The largest absolute Gasteiger partial charge is 0.480 e. The average molecular weight is 443 g/mol. The molecule has 1 heterocycles. The van der Waals surface area contributed by atoms with E-state index in [9.17, 15) is 19.1 Å². The van der Waals surface area contributed by atoms with Gasteiger partial charge >= 0.3 is 5.97 Å². The Balaban J connectivity index is 1.71. The number of hydrogen-bond acceptors (Lipinski definition) is 3. The molecule has 4 rings (SSSR count). The Labute approximate surface area is 182 Å². The summed E-state index contributed by atoms with van der Waals surface area (Å²) in [7, 11) is -1.20. The number of benzene rings is 2. The second-order valence-electron chi connectivity index (χ2n) is 8.80. The van der Waals surface area contributed by atoms with Gasteiger partial charge in [-0.25, -0.2) is 19.2 Å². The van der Waals surface area contributed by atoms with Gasteiger partial charge in [0.1, 0.15) is 11.4 Å². The van der Waals surface area contributed by atoms with Crippen LogP contribution >= 0.6 is 10.0 Å². The highest BCUT2D eigenvalue weighted by atomic mass is 32.3. The Hall–Kier alpha value is -2.80. The molecule has 0 spiro atoms. The number of anilines is 1. The first-order valence-corrected chi connectivity index (χ1v) is 12.6. The number of nitrogen functional groups attached to an aromatic ring is 1. The number of nitrogens with one attached hydrogen (secondary N) is 1. The van der Waals surface area contributed by atoms with Gasteiger partial charge in [0, 0.05) is 11.3 Å². The van der Waals surface area contributed by atoms with Crippen LogP contribution in [0.5, 0.6) is 0 Å². The third kappa shape index (κ3) is 4.06. The third-order valence-corrected chi connectivity index (χ3v) is 9.26. The lowest BCUT2D eigenvalue weighted by Crippen LogP contribution is -2.43. The summed E-state index contributed by atoms with van der Waals surface area (Å²) in [6, 6.07) is 8.56. The zero-order valence-corrected chi connectivity index (χ0v) is 18.7.